The Labute approximate surface area is 122 Å². The van der Waals surface area contributed by atoms with E-state index in [0.717, 1.165) is 5.56 Å². The van der Waals surface area contributed by atoms with Gasteiger partial charge in [0.15, 0.2) is 6.10 Å². The van der Waals surface area contributed by atoms with Gasteiger partial charge in [0.1, 0.15) is 5.75 Å². The van der Waals surface area contributed by atoms with Crippen molar-refractivity contribution in [1.82, 2.24) is 5.32 Å². The minimum absolute atomic E-state index is 0.0114. The highest BCUT2D eigenvalue weighted by Gasteiger charge is 2.18. The van der Waals surface area contributed by atoms with E-state index < -0.39 is 24.0 Å². The van der Waals surface area contributed by atoms with Gasteiger partial charge in [0, 0.05) is 0 Å². The number of carbonyl (C=O) groups is 3. The van der Waals surface area contributed by atoms with Gasteiger partial charge in [-0.3, -0.25) is 14.9 Å². The molecule has 0 aliphatic carbocycles. The number of carbonyl (C=O) groups excluding carboxylic acids is 3. The maximum atomic E-state index is 11.5. The Balaban J connectivity index is 2.33. The molecule has 0 spiro atoms. The zero-order valence-electron chi connectivity index (χ0n) is 11.9. The molecule has 0 aromatic heterocycles. The summed E-state index contributed by atoms with van der Waals surface area (Å²) in [6.45, 7) is 3.37. The average molecular weight is 294 g/mol. The third kappa shape index (κ3) is 5.94. The second kappa shape index (κ2) is 7.88. The molecular formula is C14H18N2O5. The lowest BCUT2D eigenvalue weighted by molar-refractivity contribution is -0.154. The summed E-state index contributed by atoms with van der Waals surface area (Å²) in [6, 6.07) is 6.41. The van der Waals surface area contributed by atoms with Crippen molar-refractivity contribution in [3.63, 3.8) is 0 Å². The van der Waals surface area contributed by atoms with Crippen molar-refractivity contribution in [1.29, 1.82) is 0 Å². The molecule has 0 heterocycles. The summed E-state index contributed by atoms with van der Waals surface area (Å²) in [6.07, 6.45) is -1.11. The van der Waals surface area contributed by atoms with Crippen molar-refractivity contribution in [3.05, 3.63) is 29.8 Å². The largest absolute Gasteiger partial charge is 0.493 e. The number of para-hydroxylation sites is 1. The number of amides is 3. The molecule has 3 N–H and O–H groups in total. The molecule has 1 aromatic rings. The number of hydrogen-bond donors (Lipinski definition) is 2. The Morgan fingerprint density at radius 1 is 1.29 bits per heavy atom. The van der Waals surface area contributed by atoms with Gasteiger partial charge in [0.05, 0.1) is 13.0 Å². The average Bonchev–Trinajstić information content (AvgIpc) is 2.40. The van der Waals surface area contributed by atoms with Crippen LogP contribution in [0.4, 0.5) is 4.79 Å². The van der Waals surface area contributed by atoms with Gasteiger partial charge >= 0.3 is 12.0 Å². The fourth-order valence-electron chi connectivity index (χ4n) is 1.50. The van der Waals surface area contributed by atoms with Crippen molar-refractivity contribution in [2.24, 2.45) is 5.73 Å². The Morgan fingerprint density at radius 3 is 2.57 bits per heavy atom. The summed E-state index contributed by atoms with van der Waals surface area (Å²) in [7, 11) is 0. The maximum absolute atomic E-state index is 11.5. The Hall–Kier alpha value is -2.57. The van der Waals surface area contributed by atoms with Crippen LogP contribution in [0.1, 0.15) is 18.9 Å². The number of hydrogen-bond acceptors (Lipinski definition) is 5. The Kier molecular flexibility index (Phi) is 6.19. The highest BCUT2D eigenvalue weighted by atomic mass is 16.5. The van der Waals surface area contributed by atoms with Crippen LogP contribution >= 0.6 is 0 Å². The molecule has 21 heavy (non-hydrogen) atoms. The standard InChI is InChI=1S/C14H18N2O5/c1-9-5-3-4-6-11(9)20-8-7-12(17)21-10(2)13(18)16-14(15)19/h3-6,10H,7-8H2,1-2H3,(H3,15,16,18,19)/t10-/m0/s1. The van der Waals surface area contributed by atoms with Gasteiger partial charge in [-0.15, -0.1) is 0 Å². The number of nitrogens with one attached hydrogen (secondary N) is 1. The molecule has 0 radical (unpaired) electrons. The summed E-state index contributed by atoms with van der Waals surface area (Å²) in [5, 5.41) is 1.83. The minimum atomic E-state index is -1.09. The second-order valence-electron chi connectivity index (χ2n) is 4.35. The van der Waals surface area contributed by atoms with Crippen LogP contribution in [0.3, 0.4) is 0 Å². The zero-order chi connectivity index (χ0) is 15.8. The van der Waals surface area contributed by atoms with Crippen molar-refractivity contribution >= 4 is 17.9 Å². The van der Waals surface area contributed by atoms with E-state index in [4.69, 9.17) is 15.2 Å². The number of aryl methyl sites for hydroxylation is 1. The first-order valence-electron chi connectivity index (χ1n) is 6.38. The summed E-state index contributed by atoms with van der Waals surface area (Å²) in [5.41, 5.74) is 5.75. The molecule has 0 fully saturated rings. The number of primary amides is 1. The number of imide groups is 1. The normalized spacial score (nSPS) is 11.3. The van der Waals surface area contributed by atoms with Crippen molar-refractivity contribution in [2.45, 2.75) is 26.4 Å². The number of ether oxygens (including phenoxy) is 2. The lowest BCUT2D eigenvalue weighted by atomic mass is 10.2. The summed E-state index contributed by atoms with van der Waals surface area (Å²) >= 11 is 0. The van der Waals surface area contributed by atoms with Crippen LogP contribution < -0.4 is 15.8 Å². The van der Waals surface area contributed by atoms with Gasteiger partial charge in [-0.25, -0.2) is 4.79 Å². The molecule has 0 bridgehead atoms. The first-order chi connectivity index (χ1) is 9.90. The lowest BCUT2D eigenvalue weighted by Gasteiger charge is -2.12. The van der Waals surface area contributed by atoms with Crippen molar-refractivity contribution in [2.75, 3.05) is 6.61 Å². The third-order valence-electron chi connectivity index (χ3n) is 2.58. The number of urea groups is 1. The molecular weight excluding hydrogens is 276 g/mol. The SMILES string of the molecule is Cc1ccccc1OCCC(=O)O[C@@H](C)C(=O)NC(N)=O. The monoisotopic (exact) mass is 294 g/mol. The molecule has 1 atom stereocenters. The molecule has 1 rings (SSSR count). The summed E-state index contributed by atoms with van der Waals surface area (Å²) < 4.78 is 10.3. The Bertz CT molecular complexity index is 530. The summed E-state index contributed by atoms with van der Waals surface area (Å²) in [4.78, 5) is 33.3. The highest BCUT2D eigenvalue weighted by molar-refractivity contribution is 5.96. The van der Waals surface area contributed by atoms with E-state index in [-0.39, 0.29) is 13.0 Å². The maximum Gasteiger partial charge on any atom is 0.318 e. The van der Waals surface area contributed by atoms with Crippen LogP contribution in [0.25, 0.3) is 0 Å². The summed E-state index contributed by atoms with van der Waals surface area (Å²) in [5.74, 6) is -0.684. The van der Waals surface area contributed by atoms with Gasteiger partial charge in [-0.2, -0.15) is 0 Å². The molecule has 114 valence electrons. The fourth-order valence-corrected chi connectivity index (χ4v) is 1.50. The molecule has 0 aliphatic heterocycles. The van der Waals surface area contributed by atoms with E-state index in [2.05, 4.69) is 0 Å². The molecule has 0 saturated heterocycles. The predicted octanol–water partition coefficient (Wildman–Crippen LogP) is 0.891. The van der Waals surface area contributed by atoms with Gasteiger partial charge in [0.2, 0.25) is 0 Å². The first kappa shape index (κ1) is 16.5. The highest BCUT2D eigenvalue weighted by Crippen LogP contribution is 2.16. The van der Waals surface area contributed by atoms with Crippen LogP contribution in [-0.2, 0) is 14.3 Å². The number of esters is 1. The topological polar surface area (TPSA) is 108 Å². The number of rotatable bonds is 6. The van der Waals surface area contributed by atoms with Crippen LogP contribution in [0.15, 0.2) is 24.3 Å². The Morgan fingerprint density at radius 2 is 1.95 bits per heavy atom. The lowest BCUT2D eigenvalue weighted by Crippen LogP contribution is -2.42. The fraction of sp³-hybridized carbons (Fsp3) is 0.357. The van der Waals surface area contributed by atoms with E-state index in [1.54, 1.807) is 6.07 Å². The molecule has 0 aliphatic rings. The van der Waals surface area contributed by atoms with Crippen molar-refractivity contribution < 1.29 is 23.9 Å². The minimum Gasteiger partial charge on any atom is -0.493 e. The molecule has 3 amide bonds. The third-order valence-corrected chi connectivity index (χ3v) is 2.58. The number of benzene rings is 1. The quantitative estimate of drug-likeness (QED) is 0.757. The van der Waals surface area contributed by atoms with Crippen LogP contribution in [0.5, 0.6) is 5.75 Å². The van der Waals surface area contributed by atoms with Gasteiger partial charge in [-0.05, 0) is 25.5 Å². The van der Waals surface area contributed by atoms with Crippen LogP contribution in [0.2, 0.25) is 0 Å². The molecule has 1 aromatic carbocycles. The molecule has 7 heteroatoms. The predicted molar refractivity (Wildman–Crippen MR) is 74.6 cm³/mol. The van der Waals surface area contributed by atoms with Gasteiger partial charge < -0.3 is 15.2 Å². The van der Waals surface area contributed by atoms with Crippen LogP contribution in [-0.4, -0.2) is 30.6 Å². The molecule has 0 unspecified atom stereocenters. The van der Waals surface area contributed by atoms with Gasteiger partial charge in [0.25, 0.3) is 5.91 Å². The second-order valence-corrected chi connectivity index (χ2v) is 4.35. The van der Waals surface area contributed by atoms with E-state index in [1.807, 2.05) is 30.4 Å². The number of nitrogens with two attached hydrogens (primary N) is 1. The van der Waals surface area contributed by atoms with Gasteiger partial charge in [-0.1, -0.05) is 18.2 Å². The smallest absolute Gasteiger partial charge is 0.318 e. The molecule has 0 saturated carbocycles. The zero-order valence-corrected chi connectivity index (χ0v) is 11.9. The van der Waals surface area contributed by atoms with Crippen LogP contribution in [0, 0.1) is 6.92 Å². The molecule has 7 nitrogen and oxygen atoms in total. The van der Waals surface area contributed by atoms with E-state index in [9.17, 15) is 14.4 Å². The first-order valence-corrected chi connectivity index (χ1v) is 6.38. The van der Waals surface area contributed by atoms with E-state index >= 15 is 0 Å². The van der Waals surface area contributed by atoms with E-state index in [0.29, 0.717) is 5.75 Å². The van der Waals surface area contributed by atoms with E-state index in [1.165, 1.54) is 6.92 Å². The van der Waals surface area contributed by atoms with Crippen molar-refractivity contribution in [3.8, 4) is 5.75 Å².